The summed E-state index contributed by atoms with van der Waals surface area (Å²) in [5, 5.41) is 13.3. The first-order valence-corrected chi connectivity index (χ1v) is 9.43. The number of rotatable bonds is 7. The minimum Gasteiger partial charge on any atom is -0.481 e. The second-order valence-corrected chi connectivity index (χ2v) is 7.58. The van der Waals surface area contributed by atoms with Gasteiger partial charge in [0.1, 0.15) is 0 Å². The van der Waals surface area contributed by atoms with Crippen LogP contribution in [0.2, 0.25) is 0 Å². The first-order valence-electron chi connectivity index (χ1n) is 9.43. The Morgan fingerprint density at radius 1 is 1.15 bits per heavy atom. The van der Waals surface area contributed by atoms with Gasteiger partial charge < -0.3 is 15.4 Å². The maximum absolute atomic E-state index is 12.7. The number of para-hydroxylation sites is 1. The molecule has 26 heavy (non-hydrogen) atoms. The van der Waals surface area contributed by atoms with Gasteiger partial charge in [-0.3, -0.25) is 14.5 Å². The maximum Gasteiger partial charge on any atom is 0.304 e. The number of likely N-dealkylation sites (tertiary alicyclic amines) is 1. The van der Waals surface area contributed by atoms with Gasteiger partial charge in [-0.15, -0.1) is 0 Å². The molecule has 2 aliphatic rings. The molecule has 2 fully saturated rings. The number of aromatic nitrogens is 1. The lowest BCUT2D eigenvalue weighted by Crippen LogP contribution is -2.44. The summed E-state index contributed by atoms with van der Waals surface area (Å²) in [5.74, 6) is -0.111. The summed E-state index contributed by atoms with van der Waals surface area (Å²) in [7, 11) is 0. The van der Waals surface area contributed by atoms with Crippen LogP contribution in [0.4, 0.5) is 0 Å². The van der Waals surface area contributed by atoms with Gasteiger partial charge in [0.2, 0.25) is 0 Å². The lowest BCUT2D eigenvalue weighted by atomic mass is 10.1. The molecule has 1 saturated heterocycles. The van der Waals surface area contributed by atoms with Crippen LogP contribution in [0.5, 0.6) is 0 Å². The minimum atomic E-state index is -0.737. The van der Waals surface area contributed by atoms with Crippen molar-refractivity contribution in [1.29, 1.82) is 0 Å². The Labute approximate surface area is 152 Å². The summed E-state index contributed by atoms with van der Waals surface area (Å²) in [6.45, 7) is 1.53. The van der Waals surface area contributed by atoms with Gasteiger partial charge in [-0.1, -0.05) is 12.1 Å². The Kier molecular flexibility index (Phi) is 4.68. The molecular formula is C20H25N3O3. The third-order valence-corrected chi connectivity index (χ3v) is 5.68. The molecule has 0 spiro atoms. The Hall–Kier alpha value is -2.34. The van der Waals surface area contributed by atoms with Crippen molar-refractivity contribution in [2.45, 2.75) is 44.2 Å². The number of hydrogen-bond acceptors (Lipinski definition) is 3. The number of fused-ring (bicyclic) bond motifs is 1. The van der Waals surface area contributed by atoms with Crippen molar-refractivity contribution in [2.24, 2.45) is 5.92 Å². The Morgan fingerprint density at radius 2 is 1.96 bits per heavy atom. The fourth-order valence-corrected chi connectivity index (χ4v) is 4.13. The normalized spacial score (nSPS) is 23.4. The van der Waals surface area contributed by atoms with E-state index in [4.69, 9.17) is 0 Å². The number of aliphatic carboxylic acids is 1. The average Bonchev–Trinajstić information content (AvgIpc) is 3.17. The molecule has 0 radical (unpaired) electrons. The molecule has 2 aromatic rings. The molecule has 1 aromatic heterocycles. The number of nitrogens with one attached hydrogen (secondary N) is 2. The molecule has 0 unspecified atom stereocenters. The van der Waals surface area contributed by atoms with E-state index in [-0.39, 0.29) is 24.4 Å². The van der Waals surface area contributed by atoms with Crippen LogP contribution in [0, 0.1) is 5.92 Å². The molecule has 138 valence electrons. The predicted octanol–water partition coefficient (Wildman–Crippen LogP) is 2.62. The van der Waals surface area contributed by atoms with Crippen LogP contribution in [0.15, 0.2) is 30.5 Å². The lowest BCUT2D eigenvalue weighted by Gasteiger charge is -2.29. The van der Waals surface area contributed by atoms with Crippen molar-refractivity contribution < 1.29 is 14.7 Å². The van der Waals surface area contributed by atoms with E-state index in [0.717, 1.165) is 30.3 Å². The Bertz CT molecular complexity index is 811. The van der Waals surface area contributed by atoms with Crippen molar-refractivity contribution >= 4 is 22.8 Å². The van der Waals surface area contributed by atoms with E-state index in [9.17, 15) is 14.7 Å². The predicted molar refractivity (Wildman–Crippen MR) is 99.1 cm³/mol. The van der Waals surface area contributed by atoms with E-state index in [2.05, 4.69) is 15.2 Å². The fourth-order valence-electron chi connectivity index (χ4n) is 4.13. The molecule has 1 aliphatic heterocycles. The number of benzene rings is 1. The van der Waals surface area contributed by atoms with Crippen molar-refractivity contribution in [3.8, 4) is 0 Å². The number of nitrogens with zero attached hydrogens (tertiary/aromatic N) is 1. The molecule has 1 saturated carbocycles. The monoisotopic (exact) mass is 355 g/mol. The summed E-state index contributed by atoms with van der Waals surface area (Å²) in [6, 6.07) is 7.99. The number of H-pyrrole nitrogens is 1. The zero-order valence-corrected chi connectivity index (χ0v) is 14.8. The van der Waals surface area contributed by atoms with Gasteiger partial charge in [0.05, 0.1) is 17.5 Å². The summed E-state index contributed by atoms with van der Waals surface area (Å²) in [4.78, 5) is 29.3. The van der Waals surface area contributed by atoms with E-state index in [1.165, 1.54) is 12.8 Å². The van der Waals surface area contributed by atoms with Gasteiger partial charge in [0, 0.05) is 36.8 Å². The molecule has 6 nitrogen and oxygen atoms in total. The van der Waals surface area contributed by atoms with E-state index in [0.29, 0.717) is 18.0 Å². The number of carboxylic acid groups (broad SMARTS) is 1. The molecule has 6 heteroatoms. The highest BCUT2D eigenvalue weighted by Gasteiger charge is 2.38. The van der Waals surface area contributed by atoms with Crippen LogP contribution in [-0.4, -0.2) is 52.0 Å². The summed E-state index contributed by atoms with van der Waals surface area (Å²) >= 11 is 0. The van der Waals surface area contributed by atoms with Crippen LogP contribution in [-0.2, 0) is 4.79 Å². The van der Waals surface area contributed by atoms with E-state index < -0.39 is 5.97 Å². The van der Waals surface area contributed by atoms with Crippen molar-refractivity contribution in [2.75, 3.05) is 13.1 Å². The molecular weight excluding hydrogens is 330 g/mol. The molecule has 3 N–H and O–H groups in total. The molecule has 2 heterocycles. The number of amides is 1. The molecule has 0 bridgehead atoms. The molecule has 1 amide bonds. The third-order valence-electron chi connectivity index (χ3n) is 5.68. The quantitative estimate of drug-likeness (QED) is 0.713. The summed E-state index contributed by atoms with van der Waals surface area (Å²) < 4.78 is 0. The van der Waals surface area contributed by atoms with Crippen molar-refractivity contribution in [1.82, 2.24) is 15.2 Å². The SMILES string of the molecule is O=C(O)C[C@H]1CC[C@@H](CNC(=O)c2cccc3cc[nH]c23)N1CC1CC1. The van der Waals surface area contributed by atoms with E-state index in [1.807, 2.05) is 30.5 Å². The van der Waals surface area contributed by atoms with Crippen LogP contribution in [0.25, 0.3) is 10.9 Å². The molecule has 2 atom stereocenters. The van der Waals surface area contributed by atoms with Gasteiger partial charge in [-0.05, 0) is 43.7 Å². The van der Waals surface area contributed by atoms with Crippen molar-refractivity contribution in [3.63, 3.8) is 0 Å². The first-order chi connectivity index (χ1) is 12.6. The average molecular weight is 355 g/mol. The standard InChI is InChI=1S/C20H25N3O3/c24-18(25)10-15-6-7-16(23(15)12-13-4-5-13)11-22-20(26)17-3-1-2-14-8-9-21-19(14)17/h1-3,8-9,13,15-16,21H,4-7,10-12H2,(H,22,26)(H,24,25)/t15-,16+/m1/s1. The topological polar surface area (TPSA) is 85.4 Å². The number of aromatic amines is 1. The lowest BCUT2D eigenvalue weighted by molar-refractivity contribution is -0.138. The molecule has 1 aliphatic carbocycles. The van der Waals surface area contributed by atoms with Gasteiger partial charge in [0.25, 0.3) is 5.91 Å². The van der Waals surface area contributed by atoms with E-state index >= 15 is 0 Å². The fraction of sp³-hybridized carbons (Fsp3) is 0.500. The van der Waals surface area contributed by atoms with Crippen LogP contribution >= 0.6 is 0 Å². The second-order valence-electron chi connectivity index (χ2n) is 7.58. The smallest absolute Gasteiger partial charge is 0.304 e. The van der Waals surface area contributed by atoms with Gasteiger partial charge in [-0.25, -0.2) is 0 Å². The number of carbonyl (C=O) groups is 2. The first kappa shape index (κ1) is 17.1. The minimum absolute atomic E-state index is 0.0777. The van der Waals surface area contributed by atoms with Gasteiger partial charge >= 0.3 is 5.97 Å². The van der Waals surface area contributed by atoms with Crippen LogP contribution in [0.3, 0.4) is 0 Å². The zero-order valence-electron chi connectivity index (χ0n) is 14.8. The molecule has 4 rings (SSSR count). The zero-order chi connectivity index (χ0) is 18.1. The molecule has 1 aromatic carbocycles. The van der Waals surface area contributed by atoms with Gasteiger partial charge in [-0.2, -0.15) is 0 Å². The number of carbonyl (C=O) groups excluding carboxylic acids is 1. The van der Waals surface area contributed by atoms with E-state index in [1.54, 1.807) is 0 Å². The summed E-state index contributed by atoms with van der Waals surface area (Å²) in [6.07, 6.45) is 6.35. The summed E-state index contributed by atoms with van der Waals surface area (Å²) in [5.41, 5.74) is 1.51. The van der Waals surface area contributed by atoms with Crippen molar-refractivity contribution in [3.05, 3.63) is 36.0 Å². The van der Waals surface area contributed by atoms with Crippen LogP contribution in [0.1, 0.15) is 42.5 Å². The second kappa shape index (κ2) is 7.11. The highest BCUT2D eigenvalue weighted by molar-refractivity contribution is 6.05. The largest absolute Gasteiger partial charge is 0.481 e. The highest BCUT2D eigenvalue weighted by atomic mass is 16.4. The van der Waals surface area contributed by atoms with Gasteiger partial charge in [0.15, 0.2) is 0 Å². The number of hydrogen-bond donors (Lipinski definition) is 3. The Morgan fingerprint density at radius 3 is 2.73 bits per heavy atom. The number of carboxylic acids is 1. The third kappa shape index (κ3) is 3.60. The van der Waals surface area contributed by atoms with Crippen LogP contribution < -0.4 is 5.32 Å². The Balaban J connectivity index is 1.41. The maximum atomic E-state index is 12.7. The highest BCUT2D eigenvalue weighted by Crippen LogP contribution is 2.35.